The number of nitriles is 1. The van der Waals surface area contributed by atoms with E-state index in [0.29, 0.717) is 37.4 Å². The predicted molar refractivity (Wildman–Crippen MR) is 89.6 cm³/mol. The first kappa shape index (κ1) is 17.6. The quantitative estimate of drug-likeness (QED) is 0.857. The van der Waals surface area contributed by atoms with Crippen LogP contribution in [0, 0.1) is 11.3 Å². The molecule has 1 N–H and O–H groups in total. The van der Waals surface area contributed by atoms with E-state index in [1.54, 1.807) is 34.1 Å². The first-order valence-corrected chi connectivity index (χ1v) is 7.83. The average Bonchev–Trinajstić information content (AvgIpc) is 2.54. The van der Waals surface area contributed by atoms with Gasteiger partial charge in [0.25, 0.3) is 0 Å². The molecule has 0 spiro atoms. The lowest BCUT2D eigenvalue weighted by atomic mass is 10.2. The molecular weight excluding hydrogens is 308 g/mol. The van der Waals surface area contributed by atoms with E-state index in [4.69, 9.17) is 10.00 Å². The minimum Gasteiger partial charge on any atom is -0.444 e. The maximum absolute atomic E-state index is 12.3. The summed E-state index contributed by atoms with van der Waals surface area (Å²) in [6.45, 7) is 7.13. The minimum absolute atomic E-state index is 0.276. The largest absolute Gasteiger partial charge is 0.444 e. The minimum atomic E-state index is -0.535. The van der Waals surface area contributed by atoms with Crippen molar-refractivity contribution in [2.75, 3.05) is 31.5 Å². The van der Waals surface area contributed by atoms with Crippen LogP contribution in [0.5, 0.6) is 0 Å². The Labute approximate surface area is 141 Å². The number of hydrogen-bond acceptors (Lipinski definition) is 4. The molecule has 0 bridgehead atoms. The number of anilines is 1. The highest BCUT2D eigenvalue weighted by Gasteiger charge is 2.27. The number of hydrogen-bond donors (Lipinski definition) is 1. The van der Waals surface area contributed by atoms with Crippen LogP contribution in [0.1, 0.15) is 26.3 Å². The zero-order valence-corrected chi connectivity index (χ0v) is 14.2. The highest BCUT2D eigenvalue weighted by molar-refractivity contribution is 5.91. The number of piperazine rings is 1. The molecule has 1 aliphatic heterocycles. The Bertz CT molecular complexity index is 653. The lowest BCUT2D eigenvalue weighted by Crippen LogP contribution is -2.52. The Hall–Kier alpha value is -2.75. The van der Waals surface area contributed by atoms with E-state index in [1.807, 2.05) is 26.8 Å². The molecule has 0 unspecified atom stereocenters. The lowest BCUT2D eigenvalue weighted by molar-refractivity contribution is 0.0174. The standard InChI is InChI=1S/C17H22N4O3/c1-17(2,3)24-16(23)21-10-8-20(9-11-21)15(22)19-14-7-5-4-6-13(14)12-18/h4-7H,8-11H2,1-3H3,(H,19,22). The van der Waals surface area contributed by atoms with Gasteiger partial charge in [-0.2, -0.15) is 5.26 Å². The number of benzene rings is 1. The van der Waals surface area contributed by atoms with Crippen LogP contribution in [-0.4, -0.2) is 53.7 Å². The fraction of sp³-hybridized carbons (Fsp3) is 0.471. The molecule has 0 aromatic heterocycles. The van der Waals surface area contributed by atoms with Gasteiger partial charge in [-0.3, -0.25) is 0 Å². The first-order chi connectivity index (χ1) is 11.3. The van der Waals surface area contributed by atoms with Gasteiger partial charge in [0.05, 0.1) is 11.3 Å². The van der Waals surface area contributed by atoms with Crippen molar-refractivity contribution in [3.05, 3.63) is 29.8 Å². The number of carbonyl (C=O) groups is 2. The van der Waals surface area contributed by atoms with Crippen molar-refractivity contribution in [1.82, 2.24) is 9.80 Å². The van der Waals surface area contributed by atoms with Crippen LogP contribution >= 0.6 is 0 Å². The van der Waals surface area contributed by atoms with E-state index >= 15 is 0 Å². The molecule has 0 aliphatic carbocycles. The fourth-order valence-electron chi connectivity index (χ4n) is 2.30. The Morgan fingerprint density at radius 3 is 2.29 bits per heavy atom. The second-order valence-corrected chi connectivity index (χ2v) is 6.54. The molecular formula is C17H22N4O3. The molecule has 2 rings (SSSR count). The van der Waals surface area contributed by atoms with Gasteiger partial charge in [0.1, 0.15) is 11.7 Å². The van der Waals surface area contributed by atoms with Gasteiger partial charge in [0.15, 0.2) is 0 Å². The third kappa shape index (κ3) is 4.62. The molecule has 1 aliphatic rings. The van der Waals surface area contributed by atoms with Gasteiger partial charge in [-0.1, -0.05) is 12.1 Å². The summed E-state index contributed by atoms with van der Waals surface area (Å²) in [5.74, 6) is 0. The van der Waals surface area contributed by atoms with Gasteiger partial charge in [0.2, 0.25) is 0 Å². The summed E-state index contributed by atoms with van der Waals surface area (Å²) in [4.78, 5) is 27.5. The summed E-state index contributed by atoms with van der Waals surface area (Å²) in [7, 11) is 0. The summed E-state index contributed by atoms with van der Waals surface area (Å²) in [6, 6.07) is 8.61. The Morgan fingerprint density at radius 2 is 1.71 bits per heavy atom. The van der Waals surface area contributed by atoms with Crippen LogP contribution < -0.4 is 5.32 Å². The van der Waals surface area contributed by atoms with Crippen molar-refractivity contribution in [2.45, 2.75) is 26.4 Å². The van der Waals surface area contributed by atoms with Gasteiger partial charge < -0.3 is 19.9 Å². The molecule has 1 fully saturated rings. The summed E-state index contributed by atoms with van der Waals surface area (Å²) >= 11 is 0. The van der Waals surface area contributed by atoms with Gasteiger partial charge in [-0.05, 0) is 32.9 Å². The normalized spacial score (nSPS) is 14.8. The summed E-state index contributed by atoms with van der Waals surface area (Å²) in [5, 5.41) is 11.8. The summed E-state index contributed by atoms with van der Waals surface area (Å²) < 4.78 is 5.33. The molecule has 0 radical (unpaired) electrons. The number of carbonyl (C=O) groups excluding carboxylic acids is 2. The van der Waals surface area contributed by atoms with E-state index in [-0.39, 0.29) is 12.1 Å². The number of nitrogens with one attached hydrogen (secondary N) is 1. The van der Waals surface area contributed by atoms with Crippen molar-refractivity contribution in [3.63, 3.8) is 0 Å². The smallest absolute Gasteiger partial charge is 0.410 e. The highest BCUT2D eigenvalue weighted by Crippen LogP contribution is 2.16. The topological polar surface area (TPSA) is 85.7 Å². The highest BCUT2D eigenvalue weighted by atomic mass is 16.6. The van der Waals surface area contributed by atoms with E-state index < -0.39 is 5.60 Å². The van der Waals surface area contributed by atoms with Crippen LogP contribution in [0.15, 0.2) is 24.3 Å². The molecule has 0 saturated carbocycles. The maximum Gasteiger partial charge on any atom is 0.410 e. The Balaban J connectivity index is 1.89. The molecule has 1 aromatic carbocycles. The van der Waals surface area contributed by atoms with Gasteiger partial charge in [-0.25, -0.2) is 9.59 Å². The van der Waals surface area contributed by atoms with Crippen LogP contribution in [0.2, 0.25) is 0 Å². The third-order valence-corrected chi connectivity index (χ3v) is 3.51. The molecule has 128 valence electrons. The zero-order chi connectivity index (χ0) is 17.7. The third-order valence-electron chi connectivity index (χ3n) is 3.51. The number of ether oxygens (including phenoxy) is 1. The van der Waals surface area contributed by atoms with Crippen molar-refractivity contribution in [3.8, 4) is 6.07 Å². The summed E-state index contributed by atoms with van der Waals surface area (Å²) in [5.41, 5.74) is 0.366. The van der Waals surface area contributed by atoms with Crippen LogP contribution in [0.25, 0.3) is 0 Å². The molecule has 7 heteroatoms. The van der Waals surface area contributed by atoms with E-state index in [2.05, 4.69) is 5.32 Å². The fourth-order valence-corrected chi connectivity index (χ4v) is 2.30. The van der Waals surface area contributed by atoms with E-state index in [0.717, 1.165) is 0 Å². The predicted octanol–water partition coefficient (Wildman–Crippen LogP) is 2.64. The van der Waals surface area contributed by atoms with Crippen molar-refractivity contribution < 1.29 is 14.3 Å². The molecule has 3 amide bonds. The van der Waals surface area contributed by atoms with Gasteiger partial charge >= 0.3 is 12.1 Å². The van der Waals surface area contributed by atoms with Crippen LogP contribution in [0.3, 0.4) is 0 Å². The molecule has 1 aromatic rings. The average molecular weight is 330 g/mol. The number of para-hydroxylation sites is 1. The van der Waals surface area contributed by atoms with Gasteiger partial charge in [-0.15, -0.1) is 0 Å². The Morgan fingerprint density at radius 1 is 1.12 bits per heavy atom. The Kier molecular flexibility index (Phi) is 5.29. The molecule has 0 atom stereocenters. The number of urea groups is 1. The van der Waals surface area contributed by atoms with Crippen LogP contribution in [0.4, 0.5) is 15.3 Å². The van der Waals surface area contributed by atoms with Crippen LogP contribution in [-0.2, 0) is 4.74 Å². The zero-order valence-electron chi connectivity index (χ0n) is 14.2. The molecule has 1 heterocycles. The van der Waals surface area contributed by atoms with Crippen molar-refractivity contribution >= 4 is 17.8 Å². The SMILES string of the molecule is CC(C)(C)OC(=O)N1CCN(C(=O)Nc2ccccc2C#N)CC1. The van der Waals surface area contributed by atoms with Gasteiger partial charge in [0, 0.05) is 26.2 Å². The molecule has 7 nitrogen and oxygen atoms in total. The monoisotopic (exact) mass is 330 g/mol. The number of nitrogens with zero attached hydrogens (tertiary/aromatic N) is 3. The lowest BCUT2D eigenvalue weighted by Gasteiger charge is -2.35. The maximum atomic E-state index is 12.3. The van der Waals surface area contributed by atoms with E-state index in [9.17, 15) is 9.59 Å². The van der Waals surface area contributed by atoms with Crippen molar-refractivity contribution in [1.29, 1.82) is 5.26 Å². The second kappa shape index (κ2) is 7.21. The molecule has 1 saturated heterocycles. The second-order valence-electron chi connectivity index (χ2n) is 6.54. The summed E-state index contributed by atoms with van der Waals surface area (Å²) in [6.07, 6.45) is -0.364. The number of rotatable bonds is 1. The van der Waals surface area contributed by atoms with Crippen molar-refractivity contribution in [2.24, 2.45) is 0 Å². The molecule has 24 heavy (non-hydrogen) atoms. The number of amides is 3. The first-order valence-electron chi connectivity index (χ1n) is 7.83. The van der Waals surface area contributed by atoms with E-state index in [1.165, 1.54) is 0 Å².